The van der Waals surface area contributed by atoms with E-state index in [4.69, 9.17) is 11.6 Å². The van der Waals surface area contributed by atoms with E-state index in [9.17, 15) is 14.7 Å². The Morgan fingerprint density at radius 3 is 2.82 bits per heavy atom. The van der Waals surface area contributed by atoms with Crippen LogP contribution in [0.3, 0.4) is 0 Å². The number of nitrogens with zero attached hydrogens (tertiary/aromatic N) is 1. The van der Waals surface area contributed by atoms with E-state index in [1.807, 2.05) is 0 Å². The van der Waals surface area contributed by atoms with Gasteiger partial charge in [-0.25, -0.2) is 4.99 Å². The zero-order chi connectivity index (χ0) is 15.7. The Bertz CT molecular complexity index is 738. The molecule has 1 aromatic rings. The molecule has 0 aliphatic carbocycles. The third-order valence-electron chi connectivity index (χ3n) is 3.26. The van der Waals surface area contributed by atoms with Gasteiger partial charge in [-0.15, -0.1) is 11.8 Å². The maximum absolute atomic E-state index is 12.2. The molecule has 22 heavy (non-hydrogen) atoms. The Balaban J connectivity index is 1.73. The van der Waals surface area contributed by atoms with Gasteiger partial charge in [-0.1, -0.05) is 23.7 Å². The molecule has 1 unspecified atom stereocenters. The average Bonchev–Trinajstić information content (AvgIpc) is 2.95. The second kappa shape index (κ2) is 5.98. The van der Waals surface area contributed by atoms with Crippen molar-refractivity contribution >= 4 is 40.9 Å². The maximum atomic E-state index is 12.2. The number of nitrogens with one attached hydrogen (secondary N) is 1. The van der Waals surface area contributed by atoms with Crippen molar-refractivity contribution in [2.45, 2.75) is 11.8 Å². The van der Waals surface area contributed by atoms with Crippen molar-refractivity contribution in [3.8, 4) is 0 Å². The van der Waals surface area contributed by atoms with Gasteiger partial charge >= 0.3 is 0 Å². The third-order valence-corrected chi connectivity index (χ3v) is 4.55. The van der Waals surface area contributed by atoms with Crippen molar-refractivity contribution in [3.05, 3.63) is 57.7 Å². The first-order chi connectivity index (χ1) is 10.6. The molecule has 3 rings (SSSR count). The number of dihydropyridines is 1. The SMILES string of the molecule is O=C1N=C2C=CSC2C(O)=C1C(=O)NCc1ccc(Cl)cc1. The molecule has 112 valence electrons. The van der Waals surface area contributed by atoms with Crippen molar-refractivity contribution in [2.75, 3.05) is 0 Å². The highest BCUT2D eigenvalue weighted by Gasteiger charge is 2.36. The van der Waals surface area contributed by atoms with Crippen LogP contribution in [-0.4, -0.2) is 27.9 Å². The van der Waals surface area contributed by atoms with E-state index < -0.39 is 17.1 Å². The lowest BCUT2D eigenvalue weighted by Gasteiger charge is -2.18. The van der Waals surface area contributed by atoms with Crippen LogP contribution in [0.4, 0.5) is 0 Å². The molecule has 0 saturated carbocycles. The molecule has 0 bridgehead atoms. The number of halogens is 1. The first kappa shape index (κ1) is 14.9. The second-order valence-corrected chi connectivity index (χ2v) is 6.18. The highest BCUT2D eigenvalue weighted by atomic mass is 35.5. The van der Waals surface area contributed by atoms with Gasteiger partial charge in [-0.05, 0) is 29.2 Å². The summed E-state index contributed by atoms with van der Waals surface area (Å²) in [5.41, 5.74) is 1.02. The molecule has 2 heterocycles. The van der Waals surface area contributed by atoms with E-state index in [-0.39, 0.29) is 17.9 Å². The zero-order valence-corrected chi connectivity index (χ0v) is 12.8. The number of amides is 2. The molecule has 2 amide bonds. The Labute approximate surface area is 135 Å². The van der Waals surface area contributed by atoms with E-state index in [1.54, 1.807) is 35.7 Å². The van der Waals surface area contributed by atoms with Crippen molar-refractivity contribution in [1.82, 2.24) is 5.32 Å². The first-order valence-corrected chi connectivity index (χ1v) is 7.79. The number of carbonyl (C=O) groups is 2. The molecule has 2 aliphatic heterocycles. The molecule has 1 aromatic carbocycles. The molecule has 2 aliphatic rings. The number of carbonyl (C=O) groups excluding carboxylic acids is 2. The Kier molecular flexibility index (Phi) is 4.04. The number of aliphatic hydroxyl groups excluding tert-OH is 1. The van der Waals surface area contributed by atoms with Gasteiger partial charge in [-0.3, -0.25) is 9.59 Å². The summed E-state index contributed by atoms with van der Waals surface area (Å²) in [6.07, 6.45) is 1.66. The third kappa shape index (κ3) is 2.80. The minimum atomic E-state index is -0.718. The van der Waals surface area contributed by atoms with E-state index in [1.165, 1.54) is 11.8 Å². The number of hydrogen-bond acceptors (Lipinski definition) is 4. The molecule has 0 aromatic heterocycles. The fourth-order valence-corrected chi connectivity index (χ4v) is 3.16. The van der Waals surface area contributed by atoms with E-state index in [0.717, 1.165) is 5.56 Å². The number of thioether (sulfide) groups is 1. The maximum Gasteiger partial charge on any atom is 0.286 e. The molecule has 7 heteroatoms. The van der Waals surface area contributed by atoms with Gasteiger partial charge in [0.05, 0.1) is 5.71 Å². The average molecular weight is 335 g/mol. The highest BCUT2D eigenvalue weighted by molar-refractivity contribution is 8.04. The van der Waals surface area contributed by atoms with Gasteiger partial charge < -0.3 is 10.4 Å². The van der Waals surface area contributed by atoms with Gasteiger partial charge in [-0.2, -0.15) is 0 Å². The highest BCUT2D eigenvalue weighted by Crippen LogP contribution is 2.32. The normalized spacial score (nSPS) is 20.0. The first-order valence-electron chi connectivity index (χ1n) is 6.47. The van der Waals surface area contributed by atoms with Crippen LogP contribution in [0, 0.1) is 0 Å². The standard InChI is InChI=1S/C15H11ClN2O3S/c16-9-3-1-8(2-4-9)7-17-14(20)11-12(19)13-10(5-6-22-13)18-15(11)21/h1-6,13,19H,7H2,(H,17,20). The molecule has 2 N–H and O–H groups in total. The largest absolute Gasteiger partial charge is 0.510 e. The monoisotopic (exact) mass is 334 g/mol. The molecule has 0 radical (unpaired) electrons. The van der Waals surface area contributed by atoms with Crippen molar-refractivity contribution in [2.24, 2.45) is 4.99 Å². The van der Waals surface area contributed by atoms with Crippen molar-refractivity contribution in [1.29, 1.82) is 0 Å². The quantitative estimate of drug-likeness (QED) is 0.832. The van der Waals surface area contributed by atoms with Gasteiger partial charge in [0.2, 0.25) is 0 Å². The molecule has 1 atom stereocenters. The summed E-state index contributed by atoms with van der Waals surface area (Å²) in [6.45, 7) is 0.229. The summed E-state index contributed by atoms with van der Waals surface area (Å²) in [5, 5.41) is 14.6. The summed E-state index contributed by atoms with van der Waals surface area (Å²) in [6, 6.07) is 6.96. The lowest BCUT2D eigenvalue weighted by molar-refractivity contribution is -0.122. The minimum Gasteiger partial charge on any atom is -0.510 e. The van der Waals surface area contributed by atoms with Crippen LogP contribution in [0.2, 0.25) is 5.02 Å². The number of rotatable bonds is 3. The Hall–Kier alpha value is -2.05. The molecule has 0 saturated heterocycles. The van der Waals surface area contributed by atoms with Crippen molar-refractivity contribution in [3.63, 3.8) is 0 Å². The van der Waals surface area contributed by atoms with Gasteiger partial charge in [0.1, 0.15) is 16.6 Å². The van der Waals surface area contributed by atoms with Crippen LogP contribution in [0.15, 0.2) is 52.1 Å². The topological polar surface area (TPSA) is 78.8 Å². The number of benzene rings is 1. The van der Waals surface area contributed by atoms with Crippen molar-refractivity contribution < 1.29 is 14.7 Å². The molecule has 0 spiro atoms. The fraction of sp³-hybridized carbons (Fsp3) is 0.133. The minimum absolute atomic E-state index is 0.229. The summed E-state index contributed by atoms with van der Waals surface area (Å²) < 4.78 is 0. The lowest BCUT2D eigenvalue weighted by Crippen LogP contribution is -2.34. The molecule has 0 fully saturated rings. The predicted molar refractivity (Wildman–Crippen MR) is 85.9 cm³/mol. The zero-order valence-electron chi connectivity index (χ0n) is 11.2. The number of fused-ring (bicyclic) bond motifs is 1. The van der Waals surface area contributed by atoms with Crippen LogP contribution in [0.1, 0.15) is 5.56 Å². The molecular weight excluding hydrogens is 324 g/mol. The number of allylic oxidation sites excluding steroid dienone is 1. The number of aliphatic imine (C=N–C) groups is 1. The molecule has 5 nitrogen and oxygen atoms in total. The Morgan fingerprint density at radius 2 is 2.09 bits per heavy atom. The van der Waals surface area contributed by atoms with Crippen LogP contribution in [0.5, 0.6) is 0 Å². The van der Waals surface area contributed by atoms with Crippen LogP contribution >= 0.6 is 23.4 Å². The summed E-state index contributed by atoms with van der Waals surface area (Å²) in [7, 11) is 0. The Morgan fingerprint density at radius 1 is 1.36 bits per heavy atom. The summed E-state index contributed by atoms with van der Waals surface area (Å²) in [4.78, 5) is 27.9. The van der Waals surface area contributed by atoms with E-state index in [0.29, 0.717) is 10.7 Å². The fourth-order valence-electron chi connectivity index (χ4n) is 2.15. The molecular formula is C15H11ClN2O3S. The number of hydrogen-bond donors (Lipinski definition) is 2. The summed E-state index contributed by atoms with van der Waals surface area (Å²) >= 11 is 7.10. The van der Waals surface area contributed by atoms with Crippen LogP contribution < -0.4 is 5.32 Å². The number of aliphatic hydroxyl groups is 1. The second-order valence-electron chi connectivity index (χ2n) is 4.73. The van der Waals surface area contributed by atoms with Crippen LogP contribution in [0.25, 0.3) is 0 Å². The lowest BCUT2D eigenvalue weighted by atomic mass is 10.0. The van der Waals surface area contributed by atoms with Gasteiger partial charge in [0, 0.05) is 11.6 Å². The summed E-state index contributed by atoms with van der Waals surface area (Å²) in [5.74, 6) is -1.59. The van der Waals surface area contributed by atoms with E-state index >= 15 is 0 Å². The smallest absolute Gasteiger partial charge is 0.286 e. The van der Waals surface area contributed by atoms with Crippen LogP contribution in [-0.2, 0) is 16.1 Å². The van der Waals surface area contributed by atoms with Gasteiger partial charge in [0.25, 0.3) is 11.8 Å². The predicted octanol–water partition coefficient (Wildman–Crippen LogP) is 2.38. The van der Waals surface area contributed by atoms with E-state index in [2.05, 4.69) is 10.3 Å². The van der Waals surface area contributed by atoms with Gasteiger partial charge in [0.15, 0.2) is 0 Å².